The third-order valence-electron chi connectivity index (χ3n) is 1.33. The highest BCUT2D eigenvalue weighted by Crippen LogP contribution is 2.07. The van der Waals surface area contributed by atoms with Crippen LogP contribution in [0.4, 0.5) is 0 Å². The molecule has 0 saturated heterocycles. The zero-order valence-corrected chi connectivity index (χ0v) is 9.80. The Morgan fingerprint density at radius 2 is 1.88 bits per heavy atom. The molecule has 0 saturated carbocycles. The van der Waals surface area contributed by atoms with Gasteiger partial charge in [0.1, 0.15) is 12.1 Å². The maximum Gasteiger partial charge on any atom is 0.300 e. The van der Waals surface area contributed by atoms with E-state index in [1.807, 2.05) is 6.92 Å². The van der Waals surface area contributed by atoms with Gasteiger partial charge in [0.15, 0.2) is 5.76 Å². The SMILES string of the molecule is CC(=O)O.CCC=O.O=C1CC=C(O)C(=O)C1. The van der Waals surface area contributed by atoms with Crippen molar-refractivity contribution < 1.29 is 29.4 Å². The molecule has 0 aromatic rings. The summed E-state index contributed by atoms with van der Waals surface area (Å²) in [6, 6.07) is 0. The summed E-state index contributed by atoms with van der Waals surface area (Å²) in [6.45, 7) is 2.90. The lowest BCUT2D eigenvalue weighted by Gasteiger charge is -2.02. The number of Topliss-reactive ketones (excluding diaryl/α,β-unsaturated/α-hetero) is 2. The molecule has 96 valence electrons. The molecule has 0 aromatic heterocycles. The number of rotatable bonds is 1. The van der Waals surface area contributed by atoms with Gasteiger partial charge < -0.3 is 15.0 Å². The van der Waals surface area contributed by atoms with Gasteiger partial charge in [-0.25, -0.2) is 0 Å². The molecule has 0 heterocycles. The maximum absolute atomic E-state index is 10.5. The second-order valence-electron chi connectivity index (χ2n) is 3.03. The minimum absolute atomic E-state index is 0.127. The minimum Gasteiger partial charge on any atom is -0.505 e. The molecule has 6 nitrogen and oxygen atoms in total. The second-order valence-corrected chi connectivity index (χ2v) is 3.03. The fraction of sp³-hybridized carbons (Fsp3) is 0.455. The van der Waals surface area contributed by atoms with Crippen LogP contribution >= 0.6 is 0 Å². The van der Waals surface area contributed by atoms with Crippen molar-refractivity contribution in [3.05, 3.63) is 11.8 Å². The standard InChI is InChI=1S/C6H6O3.C3H6O.C2H4O2/c7-4-1-2-5(8)6(9)3-4;1-2-3-4;1-2(3)4/h2,8H,1,3H2;3H,2H2,1H3;1H3,(H,3,4). The van der Waals surface area contributed by atoms with E-state index in [1.165, 1.54) is 6.08 Å². The summed E-state index contributed by atoms with van der Waals surface area (Å²) in [7, 11) is 0. The van der Waals surface area contributed by atoms with Crippen LogP contribution in [0.5, 0.6) is 0 Å². The highest BCUT2D eigenvalue weighted by molar-refractivity contribution is 6.09. The number of carboxylic acid groups (broad SMARTS) is 1. The molecule has 0 bridgehead atoms. The van der Waals surface area contributed by atoms with Crippen LogP contribution in [-0.2, 0) is 19.2 Å². The molecule has 0 radical (unpaired) electrons. The quantitative estimate of drug-likeness (QED) is 0.527. The third kappa shape index (κ3) is 14.0. The van der Waals surface area contributed by atoms with Crippen molar-refractivity contribution in [3.8, 4) is 0 Å². The van der Waals surface area contributed by atoms with Gasteiger partial charge in [-0.05, 0) is 6.08 Å². The molecule has 0 aliphatic heterocycles. The van der Waals surface area contributed by atoms with Crippen LogP contribution in [0.25, 0.3) is 0 Å². The smallest absolute Gasteiger partial charge is 0.300 e. The maximum atomic E-state index is 10.5. The fourth-order valence-corrected chi connectivity index (χ4v) is 0.666. The third-order valence-corrected chi connectivity index (χ3v) is 1.33. The van der Waals surface area contributed by atoms with E-state index in [9.17, 15) is 14.4 Å². The molecule has 2 N–H and O–H groups in total. The van der Waals surface area contributed by atoms with Crippen molar-refractivity contribution in [2.24, 2.45) is 0 Å². The Morgan fingerprint density at radius 3 is 2.12 bits per heavy atom. The molecule has 1 aliphatic rings. The van der Waals surface area contributed by atoms with Crippen molar-refractivity contribution in [1.82, 2.24) is 0 Å². The van der Waals surface area contributed by atoms with Gasteiger partial charge in [0.05, 0.1) is 6.42 Å². The molecular formula is C11H16O6. The van der Waals surface area contributed by atoms with Crippen molar-refractivity contribution in [3.63, 3.8) is 0 Å². The van der Waals surface area contributed by atoms with Crippen molar-refractivity contribution in [2.75, 3.05) is 0 Å². The number of ketones is 2. The molecule has 17 heavy (non-hydrogen) atoms. The number of hydrogen-bond acceptors (Lipinski definition) is 5. The lowest BCUT2D eigenvalue weighted by atomic mass is 10.0. The predicted molar refractivity (Wildman–Crippen MR) is 59.6 cm³/mol. The Morgan fingerprint density at radius 1 is 1.47 bits per heavy atom. The Kier molecular flexibility index (Phi) is 10.8. The first kappa shape index (κ1) is 17.4. The van der Waals surface area contributed by atoms with E-state index in [0.717, 1.165) is 13.2 Å². The first-order valence-corrected chi connectivity index (χ1v) is 4.92. The highest BCUT2D eigenvalue weighted by Gasteiger charge is 2.17. The number of carbonyl (C=O) groups is 4. The predicted octanol–water partition coefficient (Wildman–Crippen LogP) is 1.05. The molecule has 1 rings (SSSR count). The van der Waals surface area contributed by atoms with Gasteiger partial charge >= 0.3 is 0 Å². The van der Waals surface area contributed by atoms with Crippen LogP contribution in [0.15, 0.2) is 11.8 Å². The second kappa shape index (κ2) is 10.5. The molecular weight excluding hydrogens is 228 g/mol. The van der Waals surface area contributed by atoms with E-state index in [2.05, 4.69) is 0 Å². The van der Waals surface area contributed by atoms with Crippen LogP contribution in [-0.4, -0.2) is 34.0 Å². The first-order chi connectivity index (χ1) is 7.84. The summed E-state index contributed by atoms with van der Waals surface area (Å²) in [5.41, 5.74) is 0. The lowest BCUT2D eigenvalue weighted by molar-refractivity contribution is -0.134. The average Bonchev–Trinajstić information content (AvgIpc) is 2.23. The number of aldehydes is 1. The van der Waals surface area contributed by atoms with E-state index in [0.29, 0.717) is 6.42 Å². The minimum atomic E-state index is -0.833. The number of hydrogen-bond donors (Lipinski definition) is 2. The number of carboxylic acids is 1. The number of allylic oxidation sites excluding steroid dienone is 2. The Bertz CT molecular complexity index is 312. The summed E-state index contributed by atoms with van der Waals surface area (Å²) in [5, 5.41) is 16.1. The largest absolute Gasteiger partial charge is 0.505 e. The monoisotopic (exact) mass is 244 g/mol. The van der Waals surface area contributed by atoms with Gasteiger partial charge in [0, 0.05) is 19.8 Å². The molecule has 6 heteroatoms. The molecule has 0 unspecified atom stereocenters. The van der Waals surface area contributed by atoms with Gasteiger partial charge in [0.25, 0.3) is 5.97 Å². The van der Waals surface area contributed by atoms with Gasteiger partial charge in [0.2, 0.25) is 5.78 Å². The Balaban J connectivity index is 0. The first-order valence-electron chi connectivity index (χ1n) is 4.92. The van der Waals surface area contributed by atoms with E-state index < -0.39 is 11.8 Å². The summed E-state index contributed by atoms with van der Waals surface area (Å²) in [5.74, 6) is -1.70. The molecule has 0 atom stereocenters. The Labute approximate surface area is 98.9 Å². The number of aliphatic carboxylic acids is 1. The molecule has 0 spiro atoms. The van der Waals surface area contributed by atoms with Crippen molar-refractivity contribution in [2.45, 2.75) is 33.1 Å². The van der Waals surface area contributed by atoms with Gasteiger partial charge in [-0.15, -0.1) is 0 Å². The van der Waals surface area contributed by atoms with Gasteiger partial charge in [-0.3, -0.25) is 14.4 Å². The van der Waals surface area contributed by atoms with Crippen molar-refractivity contribution in [1.29, 1.82) is 0 Å². The fourth-order valence-electron chi connectivity index (χ4n) is 0.666. The number of aliphatic hydroxyl groups is 1. The summed E-state index contributed by atoms with van der Waals surface area (Å²) in [6.07, 6.45) is 2.81. The van der Waals surface area contributed by atoms with Gasteiger partial charge in [-0.2, -0.15) is 0 Å². The van der Waals surface area contributed by atoms with Crippen LogP contribution in [0.1, 0.15) is 33.1 Å². The Hall–Kier alpha value is -1.98. The summed E-state index contributed by atoms with van der Waals surface area (Å²) in [4.78, 5) is 39.1. The van der Waals surface area contributed by atoms with Gasteiger partial charge in [-0.1, -0.05) is 6.92 Å². The lowest BCUT2D eigenvalue weighted by Crippen LogP contribution is -2.14. The van der Waals surface area contributed by atoms with E-state index >= 15 is 0 Å². The summed E-state index contributed by atoms with van der Waals surface area (Å²) < 4.78 is 0. The summed E-state index contributed by atoms with van der Waals surface area (Å²) >= 11 is 0. The molecule has 1 aliphatic carbocycles. The molecule has 0 amide bonds. The molecule has 0 aromatic carbocycles. The zero-order chi connectivity index (χ0) is 13.8. The number of carbonyl (C=O) groups excluding carboxylic acids is 3. The average molecular weight is 244 g/mol. The van der Waals surface area contributed by atoms with Crippen molar-refractivity contribution >= 4 is 23.8 Å². The number of aliphatic hydroxyl groups excluding tert-OH is 1. The van der Waals surface area contributed by atoms with E-state index in [1.54, 1.807) is 0 Å². The van der Waals surface area contributed by atoms with E-state index in [4.69, 9.17) is 15.0 Å². The molecule has 0 fully saturated rings. The van der Waals surface area contributed by atoms with E-state index in [-0.39, 0.29) is 24.4 Å². The highest BCUT2D eigenvalue weighted by atomic mass is 16.4. The normalized spacial score (nSPS) is 13.4. The topological polar surface area (TPSA) is 109 Å². The van der Waals surface area contributed by atoms with Crippen LogP contribution in [0.3, 0.4) is 0 Å². The zero-order valence-electron chi connectivity index (χ0n) is 9.80. The van der Waals surface area contributed by atoms with Crippen LogP contribution in [0, 0.1) is 0 Å². The van der Waals surface area contributed by atoms with Crippen LogP contribution < -0.4 is 0 Å². The van der Waals surface area contributed by atoms with Crippen LogP contribution in [0.2, 0.25) is 0 Å².